The van der Waals surface area contributed by atoms with Crippen LogP contribution in [0.5, 0.6) is 5.75 Å². The Morgan fingerprint density at radius 3 is 2.12 bits per heavy atom. The van der Waals surface area contributed by atoms with Gasteiger partial charge in [-0.15, -0.1) is 0 Å². The van der Waals surface area contributed by atoms with Crippen molar-refractivity contribution < 1.29 is 39.0 Å². The lowest BCUT2D eigenvalue weighted by Gasteiger charge is -2.30. The number of nitrogens with zero attached hydrogens (tertiary/aromatic N) is 1. The largest absolute Gasteiger partial charge is 0.508 e. The zero-order valence-corrected chi connectivity index (χ0v) is 34.1. The second-order valence-electron chi connectivity index (χ2n) is 15.1. The summed E-state index contributed by atoms with van der Waals surface area (Å²) in [5.41, 5.74) is 13.3. The first-order valence-corrected chi connectivity index (χ1v) is 20.5. The van der Waals surface area contributed by atoms with Crippen molar-refractivity contribution in [3.8, 4) is 5.75 Å². The zero-order valence-electron chi connectivity index (χ0n) is 34.1. The molecule has 1 aliphatic rings. The van der Waals surface area contributed by atoms with Gasteiger partial charge in [0, 0.05) is 19.4 Å². The van der Waals surface area contributed by atoms with Crippen molar-refractivity contribution in [3.05, 3.63) is 65.7 Å². The van der Waals surface area contributed by atoms with Gasteiger partial charge in [0.15, 0.2) is 0 Å². The molecule has 3 rings (SSSR count). The Hall–Kier alpha value is -5.06. The number of nitrogens with two attached hydrogens (primary N) is 2. The Balaban J connectivity index is 1.70. The number of carboxylic acids is 1. The fraction of sp³-hybridized carbons (Fsp3) is 0.571. The normalized spacial score (nSPS) is 16.9. The van der Waals surface area contributed by atoms with E-state index >= 15 is 0 Å². The first-order valence-electron chi connectivity index (χ1n) is 20.5. The predicted molar refractivity (Wildman–Crippen MR) is 220 cm³/mol. The molecule has 0 bridgehead atoms. The summed E-state index contributed by atoms with van der Waals surface area (Å²) in [4.78, 5) is 81.6. The molecule has 16 heteroatoms. The van der Waals surface area contributed by atoms with Gasteiger partial charge in [0.25, 0.3) is 0 Å². The van der Waals surface area contributed by atoms with Crippen molar-refractivity contribution in [2.45, 2.75) is 128 Å². The highest BCUT2D eigenvalue weighted by molar-refractivity contribution is 5.94. The van der Waals surface area contributed by atoms with Crippen molar-refractivity contribution >= 4 is 35.5 Å². The summed E-state index contributed by atoms with van der Waals surface area (Å²) >= 11 is 0. The molecule has 320 valence electrons. The maximum Gasteiger partial charge on any atom is 0.326 e. The van der Waals surface area contributed by atoms with Gasteiger partial charge >= 0.3 is 5.97 Å². The number of rotatable bonds is 25. The predicted octanol–water partition coefficient (Wildman–Crippen LogP) is 1.43. The van der Waals surface area contributed by atoms with Gasteiger partial charge in [-0.05, 0) is 67.8 Å². The highest BCUT2D eigenvalue weighted by Crippen LogP contribution is 2.21. The Morgan fingerprint density at radius 2 is 1.48 bits per heavy atom. The molecule has 11 N–H and O–H groups in total. The average molecular weight is 809 g/mol. The van der Waals surface area contributed by atoms with Gasteiger partial charge < -0.3 is 47.8 Å². The summed E-state index contributed by atoms with van der Waals surface area (Å²) in [5, 5.41) is 33.8. The third-order valence-electron chi connectivity index (χ3n) is 10.6. The summed E-state index contributed by atoms with van der Waals surface area (Å²) in [6.07, 6.45) is 5.29. The number of carbonyl (C=O) groups excluding carboxylic acids is 5. The van der Waals surface area contributed by atoms with Gasteiger partial charge in [0.05, 0.1) is 18.8 Å². The van der Waals surface area contributed by atoms with Crippen LogP contribution in [-0.4, -0.2) is 107 Å². The van der Waals surface area contributed by atoms with E-state index in [2.05, 4.69) is 26.6 Å². The minimum atomic E-state index is -1.18. The number of benzene rings is 2. The van der Waals surface area contributed by atoms with E-state index in [4.69, 9.17) is 11.5 Å². The molecule has 2 aromatic rings. The third kappa shape index (κ3) is 15.0. The molecule has 0 spiro atoms. The molecule has 16 nitrogen and oxygen atoms in total. The van der Waals surface area contributed by atoms with Crippen LogP contribution in [0.25, 0.3) is 0 Å². The van der Waals surface area contributed by atoms with Crippen LogP contribution in [-0.2, 0) is 41.6 Å². The van der Waals surface area contributed by atoms with E-state index in [-0.39, 0.29) is 37.1 Å². The van der Waals surface area contributed by atoms with Gasteiger partial charge in [0.2, 0.25) is 29.5 Å². The molecule has 5 amide bonds. The number of carbonyl (C=O) groups is 6. The average Bonchev–Trinajstić information content (AvgIpc) is 3.71. The van der Waals surface area contributed by atoms with Crippen LogP contribution in [0.3, 0.4) is 0 Å². The summed E-state index contributed by atoms with van der Waals surface area (Å²) < 4.78 is 0. The Kier molecular flexibility index (Phi) is 20.1. The number of carboxylic acid groups (broad SMARTS) is 1. The first kappa shape index (κ1) is 47.3. The fourth-order valence-electron chi connectivity index (χ4n) is 6.86. The highest BCUT2D eigenvalue weighted by atomic mass is 16.4. The van der Waals surface area contributed by atoms with Crippen LogP contribution in [0, 0.1) is 5.92 Å². The Morgan fingerprint density at radius 1 is 0.810 bits per heavy atom. The van der Waals surface area contributed by atoms with Crippen LogP contribution < -0.4 is 38.1 Å². The second kappa shape index (κ2) is 24.7. The molecule has 0 aromatic heterocycles. The molecule has 1 aliphatic heterocycles. The number of likely N-dealkylation sites (tertiary alicyclic amines) is 1. The highest BCUT2D eigenvalue weighted by Gasteiger charge is 2.38. The molecule has 0 radical (unpaired) electrons. The van der Waals surface area contributed by atoms with Gasteiger partial charge in [-0.1, -0.05) is 88.9 Å². The van der Waals surface area contributed by atoms with E-state index in [1.54, 1.807) is 36.4 Å². The molecule has 1 heterocycles. The standard InChI is InChI=1S/C42H64N8O8/c1-4-6-15-31(44)37(52)47-33(24-29-18-20-30(51)21-19-29)38(53)49-36(27(3)5-2)40(55)46-26-45-32(16-10-11-22-43)41(56)50-23-12-17-35(50)39(54)48-34(42(57)58)25-28-13-8-7-9-14-28/h7-9,13-14,18-21,27,31-36,45,51H,4-6,10-12,15-17,22-26,43-44H2,1-3H3,(H,46,55)(H,47,52)(H,48,54)(H,49,53)(H,57,58)/t27-,31-,32-,33-,34-,35-,36-/m0/s1. The SMILES string of the molecule is CCCC[C@H](N)C(=O)N[C@@H](Cc1ccc(O)cc1)C(=O)N[C@H](C(=O)NCN[C@@H](CCCCN)C(=O)N1CCC[C@H]1C(=O)N[C@@H](Cc1ccccc1)C(=O)O)[C@@H](C)CC. The lowest BCUT2D eigenvalue weighted by atomic mass is 9.97. The summed E-state index contributed by atoms with van der Waals surface area (Å²) in [6.45, 7) is 6.27. The van der Waals surface area contributed by atoms with Crippen LogP contribution in [0.1, 0.15) is 89.7 Å². The topological polar surface area (TPSA) is 258 Å². The van der Waals surface area contributed by atoms with E-state index < -0.39 is 65.8 Å². The van der Waals surface area contributed by atoms with Crippen molar-refractivity contribution in [3.63, 3.8) is 0 Å². The minimum Gasteiger partial charge on any atom is -0.508 e. The molecule has 1 fully saturated rings. The van der Waals surface area contributed by atoms with Crippen LogP contribution in [0.2, 0.25) is 0 Å². The number of unbranched alkanes of at least 4 members (excludes halogenated alkanes) is 2. The van der Waals surface area contributed by atoms with Crippen molar-refractivity contribution in [1.82, 2.24) is 31.5 Å². The number of hydrogen-bond donors (Lipinski definition) is 9. The molecular weight excluding hydrogens is 745 g/mol. The van der Waals surface area contributed by atoms with E-state index in [0.29, 0.717) is 63.6 Å². The van der Waals surface area contributed by atoms with Crippen molar-refractivity contribution in [2.75, 3.05) is 19.8 Å². The zero-order chi connectivity index (χ0) is 42.6. The van der Waals surface area contributed by atoms with Gasteiger partial charge in [-0.25, -0.2) is 4.79 Å². The van der Waals surface area contributed by atoms with Crippen molar-refractivity contribution in [1.29, 1.82) is 0 Å². The van der Waals surface area contributed by atoms with E-state index in [9.17, 15) is 39.0 Å². The number of hydrogen-bond acceptors (Lipinski definition) is 10. The van der Waals surface area contributed by atoms with Crippen LogP contribution in [0.15, 0.2) is 54.6 Å². The van der Waals surface area contributed by atoms with Crippen LogP contribution in [0.4, 0.5) is 0 Å². The number of phenols is 1. The number of nitrogens with one attached hydrogen (secondary N) is 5. The Bertz CT molecular complexity index is 1630. The number of phenolic OH excluding ortho intramolecular Hbond substituents is 1. The summed E-state index contributed by atoms with van der Waals surface area (Å²) in [5.74, 6) is -3.92. The Labute approximate surface area is 341 Å². The van der Waals surface area contributed by atoms with E-state index in [1.807, 2.05) is 26.8 Å². The van der Waals surface area contributed by atoms with Gasteiger partial charge in [0.1, 0.15) is 29.9 Å². The van der Waals surface area contributed by atoms with E-state index in [0.717, 1.165) is 18.4 Å². The number of amides is 5. The van der Waals surface area contributed by atoms with Crippen LogP contribution >= 0.6 is 0 Å². The maximum atomic E-state index is 14.0. The van der Waals surface area contributed by atoms with E-state index in [1.165, 1.54) is 17.0 Å². The molecule has 1 saturated heterocycles. The lowest BCUT2D eigenvalue weighted by molar-refractivity contribution is -0.144. The second-order valence-corrected chi connectivity index (χ2v) is 15.1. The summed E-state index contributed by atoms with van der Waals surface area (Å²) in [6, 6.07) is 9.50. The molecule has 0 unspecified atom stereocenters. The third-order valence-corrected chi connectivity index (χ3v) is 10.6. The molecule has 0 saturated carbocycles. The molecule has 0 aliphatic carbocycles. The monoisotopic (exact) mass is 808 g/mol. The summed E-state index contributed by atoms with van der Waals surface area (Å²) in [7, 11) is 0. The maximum absolute atomic E-state index is 14.0. The lowest BCUT2D eigenvalue weighted by Crippen LogP contribution is -2.59. The number of aromatic hydroxyl groups is 1. The van der Waals surface area contributed by atoms with Gasteiger partial charge in [-0.3, -0.25) is 29.3 Å². The minimum absolute atomic E-state index is 0.0509. The first-order chi connectivity index (χ1) is 27.8. The molecule has 2 aromatic carbocycles. The smallest absolute Gasteiger partial charge is 0.326 e. The molecule has 7 atom stereocenters. The number of aliphatic carboxylic acids is 1. The van der Waals surface area contributed by atoms with Gasteiger partial charge in [-0.2, -0.15) is 0 Å². The molecular formula is C42H64N8O8. The molecule has 58 heavy (non-hydrogen) atoms. The quantitative estimate of drug-likeness (QED) is 0.0512. The van der Waals surface area contributed by atoms with Crippen molar-refractivity contribution in [2.24, 2.45) is 17.4 Å². The fourth-order valence-corrected chi connectivity index (χ4v) is 6.86.